The molecule has 7 nitrogen and oxygen atoms in total. The van der Waals surface area contributed by atoms with Crippen LogP contribution < -0.4 is 15.0 Å². The summed E-state index contributed by atoms with van der Waals surface area (Å²) in [6, 6.07) is 14.4. The molecule has 2 aliphatic heterocycles. The number of hydrogen-bond acceptors (Lipinski definition) is 4. The van der Waals surface area contributed by atoms with E-state index >= 15 is 0 Å². The van der Waals surface area contributed by atoms with E-state index in [2.05, 4.69) is 5.32 Å². The molecule has 33 heavy (non-hydrogen) atoms. The summed E-state index contributed by atoms with van der Waals surface area (Å²) in [7, 11) is 0. The van der Waals surface area contributed by atoms with Gasteiger partial charge in [-0.3, -0.25) is 14.4 Å². The lowest BCUT2D eigenvalue weighted by Gasteiger charge is -2.33. The molecule has 174 valence electrons. The van der Waals surface area contributed by atoms with Crippen LogP contribution in [0.3, 0.4) is 0 Å². The topological polar surface area (TPSA) is 79.0 Å². The molecule has 2 fully saturated rings. The normalized spacial score (nSPS) is 19.0. The number of ether oxygens (including phenoxy) is 1. The molecule has 0 aromatic heterocycles. The number of para-hydroxylation sites is 1. The third-order valence-electron chi connectivity index (χ3n) is 6.16. The minimum absolute atomic E-state index is 0.0148. The molecule has 1 unspecified atom stereocenters. The number of nitrogens with zero attached hydrogens (tertiary/aromatic N) is 2. The summed E-state index contributed by atoms with van der Waals surface area (Å²) in [5.41, 5.74) is 1.27. The zero-order valence-electron chi connectivity index (χ0n) is 18.6. The molecule has 8 heteroatoms. The molecular formula is C25H28ClN3O4. The van der Waals surface area contributed by atoms with E-state index in [4.69, 9.17) is 16.3 Å². The van der Waals surface area contributed by atoms with Crippen LogP contribution in [0.4, 0.5) is 5.69 Å². The number of carbonyl (C=O) groups excluding carboxylic acids is 3. The van der Waals surface area contributed by atoms with Gasteiger partial charge in [0, 0.05) is 42.8 Å². The molecule has 2 saturated heterocycles. The first-order chi connectivity index (χ1) is 16.0. The standard InChI is InChI=1S/C25H28ClN3O4/c1-2-33-22-9-4-3-8-21(22)25(32)28-12-10-19(11-13-28)27-24(31)17-14-23(30)29(16-17)20-7-5-6-18(26)15-20/h3-9,15,17,19H,2,10-14,16H2,1H3,(H,27,31). The zero-order valence-corrected chi connectivity index (χ0v) is 19.4. The summed E-state index contributed by atoms with van der Waals surface area (Å²) in [4.78, 5) is 41.7. The number of piperidine rings is 1. The van der Waals surface area contributed by atoms with E-state index in [0.717, 1.165) is 0 Å². The zero-order chi connectivity index (χ0) is 23.4. The second-order valence-corrected chi connectivity index (χ2v) is 8.83. The number of halogens is 1. The monoisotopic (exact) mass is 469 g/mol. The van der Waals surface area contributed by atoms with E-state index in [1.165, 1.54) is 0 Å². The Bertz CT molecular complexity index is 1040. The molecule has 1 N–H and O–H groups in total. The molecule has 2 aliphatic rings. The maximum absolute atomic E-state index is 13.0. The lowest BCUT2D eigenvalue weighted by Crippen LogP contribution is -2.48. The van der Waals surface area contributed by atoms with Crippen molar-refractivity contribution in [3.8, 4) is 5.75 Å². The van der Waals surface area contributed by atoms with Crippen molar-refractivity contribution < 1.29 is 19.1 Å². The van der Waals surface area contributed by atoms with E-state index in [0.29, 0.717) is 61.1 Å². The fourth-order valence-electron chi connectivity index (χ4n) is 4.42. The van der Waals surface area contributed by atoms with Crippen LogP contribution in [0.2, 0.25) is 5.02 Å². The Morgan fingerprint density at radius 3 is 2.61 bits per heavy atom. The second kappa shape index (κ2) is 10.3. The predicted octanol–water partition coefficient (Wildman–Crippen LogP) is 3.51. The van der Waals surface area contributed by atoms with Crippen LogP contribution in [-0.4, -0.2) is 54.9 Å². The first-order valence-corrected chi connectivity index (χ1v) is 11.7. The van der Waals surface area contributed by atoms with Gasteiger partial charge in [0.1, 0.15) is 5.75 Å². The van der Waals surface area contributed by atoms with Gasteiger partial charge in [0.2, 0.25) is 11.8 Å². The SMILES string of the molecule is CCOc1ccccc1C(=O)N1CCC(NC(=O)C2CC(=O)N(c3cccc(Cl)c3)C2)CC1. The highest BCUT2D eigenvalue weighted by Gasteiger charge is 2.36. The van der Waals surface area contributed by atoms with Gasteiger partial charge in [0.15, 0.2) is 0 Å². The van der Waals surface area contributed by atoms with Crippen molar-refractivity contribution in [1.29, 1.82) is 0 Å². The van der Waals surface area contributed by atoms with E-state index in [9.17, 15) is 14.4 Å². The lowest BCUT2D eigenvalue weighted by atomic mass is 10.0. The first-order valence-electron chi connectivity index (χ1n) is 11.3. The summed E-state index contributed by atoms with van der Waals surface area (Å²) in [5.74, 6) is -0.0441. The van der Waals surface area contributed by atoms with Gasteiger partial charge in [-0.2, -0.15) is 0 Å². The van der Waals surface area contributed by atoms with Crippen molar-refractivity contribution in [2.45, 2.75) is 32.2 Å². The number of amides is 3. The van der Waals surface area contributed by atoms with Gasteiger partial charge in [-0.15, -0.1) is 0 Å². The number of anilines is 1. The molecule has 0 spiro atoms. The highest BCUT2D eigenvalue weighted by molar-refractivity contribution is 6.31. The van der Waals surface area contributed by atoms with E-state index in [1.807, 2.05) is 25.1 Å². The number of nitrogens with one attached hydrogen (secondary N) is 1. The Morgan fingerprint density at radius 2 is 1.88 bits per heavy atom. The van der Waals surface area contributed by atoms with Gasteiger partial charge in [0.05, 0.1) is 18.1 Å². The third-order valence-corrected chi connectivity index (χ3v) is 6.40. The van der Waals surface area contributed by atoms with Gasteiger partial charge in [-0.05, 0) is 50.1 Å². The first kappa shape index (κ1) is 23.1. The molecule has 3 amide bonds. The van der Waals surface area contributed by atoms with Crippen molar-refractivity contribution in [3.05, 3.63) is 59.1 Å². The minimum atomic E-state index is -0.394. The van der Waals surface area contributed by atoms with Crippen LogP contribution in [-0.2, 0) is 9.59 Å². The number of carbonyl (C=O) groups is 3. The predicted molar refractivity (Wildman–Crippen MR) is 127 cm³/mol. The molecular weight excluding hydrogens is 442 g/mol. The average Bonchev–Trinajstić information content (AvgIpc) is 3.21. The summed E-state index contributed by atoms with van der Waals surface area (Å²) in [6.45, 7) is 3.85. The van der Waals surface area contributed by atoms with Gasteiger partial charge < -0.3 is 19.9 Å². The van der Waals surface area contributed by atoms with Crippen LogP contribution in [0.1, 0.15) is 36.5 Å². The smallest absolute Gasteiger partial charge is 0.257 e. The molecule has 0 saturated carbocycles. The van der Waals surface area contributed by atoms with Crippen LogP contribution in [0.15, 0.2) is 48.5 Å². The summed E-state index contributed by atoms with van der Waals surface area (Å²) in [5, 5.41) is 3.64. The van der Waals surface area contributed by atoms with Crippen LogP contribution in [0, 0.1) is 5.92 Å². The largest absolute Gasteiger partial charge is 0.493 e. The molecule has 1 atom stereocenters. The minimum Gasteiger partial charge on any atom is -0.493 e. The Kier molecular flexibility index (Phi) is 7.18. The molecule has 2 aromatic rings. The van der Waals surface area contributed by atoms with E-state index in [1.54, 1.807) is 40.1 Å². The highest BCUT2D eigenvalue weighted by atomic mass is 35.5. The molecule has 2 heterocycles. The third kappa shape index (κ3) is 5.30. The summed E-state index contributed by atoms with van der Waals surface area (Å²) >= 11 is 6.04. The molecule has 0 bridgehead atoms. The van der Waals surface area contributed by atoms with Gasteiger partial charge >= 0.3 is 0 Å². The van der Waals surface area contributed by atoms with Gasteiger partial charge in [-0.1, -0.05) is 29.8 Å². The van der Waals surface area contributed by atoms with Gasteiger partial charge in [-0.25, -0.2) is 0 Å². The van der Waals surface area contributed by atoms with E-state index < -0.39 is 5.92 Å². The van der Waals surface area contributed by atoms with Crippen molar-refractivity contribution >= 4 is 35.0 Å². The number of rotatable bonds is 6. The fraction of sp³-hybridized carbons (Fsp3) is 0.400. The lowest BCUT2D eigenvalue weighted by molar-refractivity contribution is -0.127. The van der Waals surface area contributed by atoms with Gasteiger partial charge in [0.25, 0.3) is 5.91 Å². The number of benzene rings is 2. The maximum atomic E-state index is 13.0. The van der Waals surface area contributed by atoms with Crippen molar-refractivity contribution in [2.75, 3.05) is 31.1 Å². The van der Waals surface area contributed by atoms with Crippen molar-refractivity contribution in [1.82, 2.24) is 10.2 Å². The summed E-state index contributed by atoms with van der Waals surface area (Å²) < 4.78 is 5.59. The second-order valence-electron chi connectivity index (χ2n) is 8.39. The quantitative estimate of drug-likeness (QED) is 0.702. The van der Waals surface area contributed by atoms with Crippen molar-refractivity contribution in [2.24, 2.45) is 5.92 Å². The van der Waals surface area contributed by atoms with Crippen LogP contribution in [0.5, 0.6) is 5.75 Å². The number of likely N-dealkylation sites (tertiary alicyclic amines) is 1. The Balaban J connectivity index is 1.30. The maximum Gasteiger partial charge on any atom is 0.257 e. The average molecular weight is 470 g/mol. The molecule has 0 radical (unpaired) electrons. The van der Waals surface area contributed by atoms with Crippen LogP contribution >= 0.6 is 11.6 Å². The summed E-state index contributed by atoms with van der Waals surface area (Å²) in [6.07, 6.45) is 1.53. The highest BCUT2D eigenvalue weighted by Crippen LogP contribution is 2.28. The Morgan fingerprint density at radius 1 is 1.12 bits per heavy atom. The number of hydrogen-bond donors (Lipinski definition) is 1. The molecule has 4 rings (SSSR count). The van der Waals surface area contributed by atoms with E-state index in [-0.39, 0.29) is 30.2 Å². The van der Waals surface area contributed by atoms with Crippen molar-refractivity contribution in [3.63, 3.8) is 0 Å². The fourth-order valence-corrected chi connectivity index (χ4v) is 4.60. The Labute approximate surface area is 198 Å². The molecule has 2 aromatic carbocycles. The molecule has 0 aliphatic carbocycles. The van der Waals surface area contributed by atoms with Crippen LogP contribution in [0.25, 0.3) is 0 Å². The Hall–Kier alpha value is -3.06.